The van der Waals surface area contributed by atoms with Crippen molar-refractivity contribution in [3.05, 3.63) is 84.0 Å². The normalized spacial score (nSPS) is 24.1. The van der Waals surface area contributed by atoms with Crippen molar-refractivity contribution in [2.45, 2.75) is 153 Å². The number of rotatable bonds is 28. The van der Waals surface area contributed by atoms with Crippen molar-refractivity contribution in [1.82, 2.24) is 10.2 Å². The third-order valence-corrected chi connectivity index (χ3v) is 13.6. The Labute approximate surface area is 376 Å². The summed E-state index contributed by atoms with van der Waals surface area (Å²) in [4.78, 5) is 35.3. The number of nitrogens with one attached hydrogen (secondary N) is 1. The minimum Gasteiger partial charge on any atom is -0.459 e. The van der Waals surface area contributed by atoms with Crippen molar-refractivity contribution < 1.29 is 38.9 Å². The van der Waals surface area contributed by atoms with Crippen molar-refractivity contribution >= 4 is 17.7 Å². The minimum absolute atomic E-state index is 0.0331. The highest BCUT2D eigenvalue weighted by Gasteiger charge is 2.65. The van der Waals surface area contributed by atoms with E-state index in [0.29, 0.717) is 37.3 Å². The van der Waals surface area contributed by atoms with Gasteiger partial charge in [0.1, 0.15) is 24.1 Å². The molecule has 1 aliphatic heterocycles. The summed E-state index contributed by atoms with van der Waals surface area (Å²) in [6, 6.07) is 15.0. The first-order valence-corrected chi connectivity index (χ1v) is 24.3. The summed E-state index contributed by atoms with van der Waals surface area (Å²) >= 11 is 0. The number of aliphatic hydroxyl groups excluding tert-OH is 2. The fourth-order valence-corrected chi connectivity index (χ4v) is 10.3. The Bertz CT molecular complexity index is 1810. The van der Waals surface area contributed by atoms with E-state index in [9.17, 15) is 19.8 Å². The van der Waals surface area contributed by atoms with Gasteiger partial charge in [-0.3, -0.25) is 4.79 Å². The van der Waals surface area contributed by atoms with Gasteiger partial charge in [-0.2, -0.15) is 0 Å². The molecule has 6 unspecified atom stereocenters. The van der Waals surface area contributed by atoms with E-state index in [0.717, 1.165) is 73.8 Å². The van der Waals surface area contributed by atoms with Crippen molar-refractivity contribution in [2.24, 2.45) is 28.8 Å². The second-order valence-corrected chi connectivity index (χ2v) is 18.3. The van der Waals surface area contributed by atoms with Crippen LogP contribution in [0.3, 0.4) is 0 Å². The highest BCUT2D eigenvalue weighted by atomic mass is 16.7. The third kappa shape index (κ3) is 12.8. The molecule has 63 heavy (non-hydrogen) atoms. The Kier molecular flexibility index (Phi) is 19.0. The van der Waals surface area contributed by atoms with Crippen LogP contribution in [-0.2, 0) is 21.0 Å². The summed E-state index contributed by atoms with van der Waals surface area (Å²) in [5.74, 6) is -0.712. The average Bonchev–Trinajstić information content (AvgIpc) is 4.15. The summed E-state index contributed by atoms with van der Waals surface area (Å²) in [5.41, 5.74) is 3.63. The number of hydrogen-bond acceptors (Lipinski definition) is 9. The van der Waals surface area contributed by atoms with Gasteiger partial charge in [-0.05, 0) is 86.1 Å². The van der Waals surface area contributed by atoms with Gasteiger partial charge in [-0.1, -0.05) is 125 Å². The second-order valence-electron chi connectivity index (χ2n) is 18.3. The van der Waals surface area contributed by atoms with Crippen LogP contribution in [-0.4, -0.2) is 78.1 Å². The molecule has 0 saturated heterocycles. The molecule has 346 valence electrons. The number of hydrogen-bond donors (Lipinski definition) is 3. The number of fused-ring (bicyclic) bond motifs is 2. The lowest BCUT2D eigenvalue weighted by Gasteiger charge is -2.59. The third-order valence-electron chi connectivity index (χ3n) is 13.6. The van der Waals surface area contributed by atoms with Gasteiger partial charge in [0, 0.05) is 50.6 Å². The first kappa shape index (κ1) is 48.3. The van der Waals surface area contributed by atoms with Crippen LogP contribution in [0.15, 0.2) is 78.0 Å². The highest BCUT2D eigenvalue weighted by molar-refractivity contribution is 6.03. The maximum atomic E-state index is 14.1. The molecule has 4 aliphatic rings. The molecule has 2 aromatic carbocycles. The first-order valence-electron chi connectivity index (χ1n) is 24.3. The lowest BCUT2D eigenvalue weighted by atomic mass is 9.55. The molecule has 2 amide bonds. The second kappa shape index (κ2) is 24.8. The zero-order valence-electron chi connectivity index (χ0n) is 38.2. The lowest BCUT2D eigenvalue weighted by Crippen LogP contribution is -2.69. The molecule has 11 nitrogen and oxygen atoms in total. The fraction of sp³-hybridized carbons (Fsp3) is 0.635. The van der Waals surface area contributed by atoms with E-state index in [4.69, 9.17) is 24.2 Å². The van der Waals surface area contributed by atoms with Crippen LogP contribution in [0.4, 0.5) is 4.79 Å². The molecule has 0 spiro atoms. The summed E-state index contributed by atoms with van der Waals surface area (Å²) in [6.45, 7) is 7.51. The summed E-state index contributed by atoms with van der Waals surface area (Å²) < 4.78 is 20.2. The van der Waals surface area contributed by atoms with Gasteiger partial charge >= 0.3 is 6.09 Å². The van der Waals surface area contributed by atoms with E-state index in [2.05, 4.69) is 24.9 Å². The molecule has 3 aliphatic carbocycles. The summed E-state index contributed by atoms with van der Waals surface area (Å²) in [7, 11) is 1.86. The van der Waals surface area contributed by atoms with Gasteiger partial charge in [0.25, 0.3) is 0 Å². The number of allylic oxidation sites excluding steroid dienone is 1. The Hall–Kier alpha value is -4.19. The van der Waals surface area contributed by atoms with Gasteiger partial charge in [-0.25, -0.2) is 4.79 Å². The molecule has 3 N–H and O–H groups in total. The van der Waals surface area contributed by atoms with Crippen LogP contribution >= 0.6 is 0 Å². The predicted molar refractivity (Wildman–Crippen MR) is 248 cm³/mol. The Balaban J connectivity index is 1.33. The maximum absolute atomic E-state index is 14.1. The molecule has 6 rings (SSSR count). The molecule has 2 saturated carbocycles. The number of amides is 2. The Morgan fingerprint density at radius 3 is 2.30 bits per heavy atom. The van der Waals surface area contributed by atoms with Crippen LogP contribution in [0, 0.1) is 23.7 Å². The van der Waals surface area contributed by atoms with Crippen molar-refractivity contribution in [3.8, 4) is 11.5 Å². The van der Waals surface area contributed by atoms with Crippen molar-refractivity contribution in [1.29, 1.82) is 0 Å². The Morgan fingerprint density at radius 2 is 1.62 bits per heavy atom. The van der Waals surface area contributed by atoms with Gasteiger partial charge < -0.3 is 39.5 Å². The molecule has 11 heteroatoms. The number of oxime groups is 1. The van der Waals surface area contributed by atoms with Gasteiger partial charge in [0.2, 0.25) is 11.7 Å². The number of likely N-dealkylation sites (N-methyl/N-ethyl adjacent to an activating group) is 1. The molecule has 2 aromatic rings. The van der Waals surface area contributed by atoms with E-state index in [1.165, 1.54) is 51.4 Å². The van der Waals surface area contributed by atoms with Crippen LogP contribution in [0.5, 0.6) is 11.5 Å². The van der Waals surface area contributed by atoms with Crippen LogP contribution in [0.2, 0.25) is 0 Å². The number of ether oxygens (including phenoxy) is 3. The quantitative estimate of drug-likeness (QED) is 0.0436. The van der Waals surface area contributed by atoms with Crippen molar-refractivity contribution in [3.63, 3.8) is 0 Å². The molecule has 1 heterocycles. The Morgan fingerprint density at radius 1 is 0.921 bits per heavy atom. The molecule has 6 atom stereocenters. The molecular formula is C52H75N3O8. The van der Waals surface area contributed by atoms with Gasteiger partial charge in [0.15, 0.2) is 0 Å². The monoisotopic (exact) mass is 870 g/mol. The van der Waals surface area contributed by atoms with E-state index in [1.54, 1.807) is 12.1 Å². The SMILES string of the molecule is C=CCOC12Oc3ccc(OC(=O)NCCCCCCCCCCCC)cc3C3C(CCCCO)C(CCCCO)C=C(C(=NOCc4ccccc4)CC1N(C)C(=O)C1CC1)C32. The van der Waals surface area contributed by atoms with Gasteiger partial charge in [0.05, 0.1) is 18.2 Å². The first-order chi connectivity index (χ1) is 30.8. The topological polar surface area (TPSA) is 139 Å². The number of carbonyl (C=O) groups is 2. The number of benzene rings is 2. The predicted octanol–water partition coefficient (Wildman–Crippen LogP) is 10.4. The standard InChI is InChI=1S/C52H75N3O8/c1-4-6-7-8-9-10-11-12-13-19-30-53-51(59)62-41-28-29-46-44(35-41)48-42(25-18-21-32-57)40(24-17-20-31-56)34-43-45(54-61-37-38-22-15-14-16-23-38)36-47(55(3)50(58)39-26-27-39)52(63-46,49(43)48)60-33-5-2/h5,14-16,22-23,28-29,34-35,39-40,42,47-49,56-57H,2,4,6-13,17-21,24-27,30-33,36-37H2,1,3H3,(H,53,59). The van der Waals surface area contributed by atoms with E-state index < -0.39 is 23.8 Å². The molecule has 0 aromatic heterocycles. The van der Waals surface area contributed by atoms with Crippen LogP contribution in [0.1, 0.15) is 146 Å². The largest absolute Gasteiger partial charge is 0.459 e. The van der Waals surface area contributed by atoms with Crippen LogP contribution < -0.4 is 14.8 Å². The van der Waals surface area contributed by atoms with E-state index >= 15 is 0 Å². The molecule has 0 bridgehead atoms. The van der Waals surface area contributed by atoms with E-state index in [-0.39, 0.29) is 56.0 Å². The zero-order chi connectivity index (χ0) is 44.4. The average molecular weight is 870 g/mol. The minimum atomic E-state index is -1.31. The maximum Gasteiger partial charge on any atom is 0.412 e. The zero-order valence-corrected chi connectivity index (χ0v) is 38.2. The smallest absolute Gasteiger partial charge is 0.412 e. The van der Waals surface area contributed by atoms with Gasteiger partial charge in [-0.15, -0.1) is 6.58 Å². The number of unbranched alkanes of at least 4 members (excludes halogenated alkanes) is 11. The summed E-state index contributed by atoms with van der Waals surface area (Å²) in [5, 5.41) is 27.7. The highest BCUT2D eigenvalue weighted by Crippen LogP contribution is 2.62. The number of carbonyl (C=O) groups excluding carboxylic acids is 2. The fourth-order valence-electron chi connectivity index (χ4n) is 10.3. The number of nitrogens with zero attached hydrogens (tertiary/aromatic N) is 2. The lowest BCUT2D eigenvalue weighted by molar-refractivity contribution is -0.255. The molecular weight excluding hydrogens is 795 g/mol. The molecule has 0 radical (unpaired) electrons. The number of aliphatic hydroxyl groups is 2. The molecule has 2 fully saturated rings. The summed E-state index contributed by atoms with van der Waals surface area (Å²) in [6.07, 6.45) is 22.5. The van der Waals surface area contributed by atoms with Crippen molar-refractivity contribution in [2.75, 3.05) is 33.4 Å². The van der Waals surface area contributed by atoms with E-state index in [1.807, 2.05) is 54.4 Å². The van der Waals surface area contributed by atoms with Crippen LogP contribution in [0.25, 0.3) is 0 Å².